The molecule has 6 nitrogen and oxygen atoms in total. The van der Waals surface area contributed by atoms with Gasteiger partial charge < -0.3 is 15.3 Å². The summed E-state index contributed by atoms with van der Waals surface area (Å²) in [5.41, 5.74) is 0.0396. The number of hydrogen-bond donors (Lipinski definition) is 2. The molecule has 0 spiro atoms. The average Bonchev–Trinajstić information content (AvgIpc) is 2.69. The third kappa shape index (κ3) is 3.43. The zero-order valence-corrected chi connectivity index (χ0v) is 11.5. The average molecular weight is 271 g/mol. The summed E-state index contributed by atoms with van der Waals surface area (Å²) in [6.45, 7) is 6.98. The van der Waals surface area contributed by atoms with Gasteiger partial charge in [0.15, 0.2) is 10.8 Å². The predicted molar refractivity (Wildman–Crippen MR) is 70.2 cm³/mol. The lowest BCUT2D eigenvalue weighted by atomic mass is 10.4. The molecular weight excluding hydrogens is 254 g/mol. The lowest BCUT2D eigenvalue weighted by molar-refractivity contribution is -0.128. The van der Waals surface area contributed by atoms with E-state index in [-0.39, 0.29) is 18.1 Å². The van der Waals surface area contributed by atoms with Crippen molar-refractivity contribution in [3.05, 3.63) is 10.6 Å². The van der Waals surface area contributed by atoms with Gasteiger partial charge in [-0.05, 0) is 20.8 Å². The quantitative estimate of drug-likeness (QED) is 0.818. The second-order valence-electron chi connectivity index (χ2n) is 3.65. The molecule has 0 unspecified atom stereocenters. The third-order valence-corrected chi connectivity index (χ3v) is 3.43. The van der Waals surface area contributed by atoms with E-state index in [0.717, 1.165) is 0 Å². The van der Waals surface area contributed by atoms with Crippen molar-refractivity contribution in [3.8, 4) is 0 Å². The number of carboxylic acid groups (broad SMARTS) is 1. The van der Waals surface area contributed by atoms with Crippen LogP contribution >= 0.6 is 11.3 Å². The maximum atomic E-state index is 11.7. The molecule has 0 atom stereocenters. The van der Waals surface area contributed by atoms with Gasteiger partial charge >= 0.3 is 5.97 Å². The fourth-order valence-electron chi connectivity index (χ4n) is 1.51. The first-order chi connectivity index (χ1) is 8.49. The van der Waals surface area contributed by atoms with Gasteiger partial charge in [-0.15, -0.1) is 11.3 Å². The normalized spacial score (nSPS) is 10.2. The standard InChI is InChI=1S/C11H17N3O3S/c1-4-14(5-2)8(15)6-12-11-13-9(10(16)17)7(3)18-11/h4-6H2,1-3H3,(H,12,13)(H,16,17). The SMILES string of the molecule is CCN(CC)C(=O)CNc1nc(C(=O)O)c(C)s1. The number of likely N-dealkylation sites (N-methyl/N-ethyl adjacent to an activating group) is 1. The highest BCUT2D eigenvalue weighted by atomic mass is 32.1. The summed E-state index contributed by atoms with van der Waals surface area (Å²) >= 11 is 1.24. The third-order valence-electron chi connectivity index (χ3n) is 2.51. The van der Waals surface area contributed by atoms with E-state index >= 15 is 0 Å². The number of carbonyl (C=O) groups excluding carboxylic acids is 1. The molecule has 0 bridgehead atoms. The summed E-state index contributed by atoms with van der Waals surface area (Å²) in [5.74, 6) is -1.07. The van der Waals surface area contributed by atoms with Gasteiger partial charge in [0.25, 0.3) is 0 Å². The number of hydrogen-bond acceptors (Lipinski definition) is 5. The Kier molecular flexibility index (Phi) is 5.08. The van der Waals surface area contributed by atoms with Crippen LogP contribution in [-0.2, 0) is 4.79 Å². The van der Waals surface area contributed by atoms with Crippen LogP contribution in [0.4, 0.5) is 5.13 Å². The van der Waals surface area contributed by atoms with Crippen LogP contribution in [0, 0.1) is 6.92 Å². The van der Waals surface area contributed by atoms with E-state index in [1.165, 1.54) is 11.3 Å². The molecule has 0 aliphatic heterocycles. The summed E-state index contributed by atoms with van der Waals surface area (Å²) in [6, 6.07) is 0. The minimum atomic E-state index is -1.05. The number of amides is 1. The molecule has 2 N–H and O–H groups in total. The van der Waals surface area contributed by atoms with E-state index in [4.69, 9.17) is 5.11 Å². The Bertz CT molecular complexity index is 441. The zero-order valence-electron chi connectivity index (χ0n) is 10.7. The van der Waals surface area contributed by atoms with Gasteiger partial charge in [0.2, 0.25) is 5.91 Å². The van der Waals surface area contributed by atoms with Crippen LogP contribution < -0.4 is 5.32 Å². The van der Waals surface area contributed by atoms with Gasteiger partial charge in [-0.25, -0.2) is 9.78 Å². The monoisotopic (exact) mass is 271 g/mol. The van der Waals surface area contributed by atoms with Crippen molar-refractivity contribution in [1.82, 2.24) is 9.88 Å². The number of aromatic carboxylic acids is 1. The highest BCUT2D eigenvalue weighted by molar-refractivity contribution is 7.15. The number of aryl methyl sites for hydroxylation is 1. The van der Waals surface area contributed by atoms with E-state index < -0.39 is 5.97 Å². The summed E-state index contributed by atoms with van der Waals surface area (Å²) < 4.78 is 0. The van der Waals surface area contributed by atoms with Gasteiger partial charge in [-0.2, -0.15) is 0 Å². The predicted octanol–water partition coefficient (Wildman–Crippen LogP) is 1.43. The maximum absolute atomic E-state index is 11.7. The van der Waals surface area contributed by atoms with Crippen molar-refractivity contribution in [3.63, 3.8) is 0 Å². The lowest BCUT2D eigenvalue weighted by Crippen LogP contribution is -2.35. The van der Waals surface area contributed by atoms with Crippen LogP contribution in [0.15, 0.2) is 0 Å². The molecule has 1 rings (SSSR count). The van der Waals surface area contributed by atoms with Gasteiger partial charge in [0.05, 0.1) is 6.54 Å². The first-order valence-corrected chi connectivity index (χ1v) is 6.53. The van der Waals surface area contributed by atoms with Gasteiger partial charge in [-0.1, -0.05) is 0 Å². The molecule has 7 heteroatoms. The molecule has 0 saturated heterocycles. The van der Waals surface area contributed by atoms with E-state index in [9.17, 15) is 9.59 Å². The molecule has 0 aliphatic carbocycles. The Labute approximate surface area is 110 Å². The molecule has 1 heterocycles. The van der Waals surface area contributed by atoms with Crippen LogP contribution in [0.3, 0.4) is 0 Å². The Morgan fingerprint density at radius 1 is 1.39 bits per heavy atom. The van der Waals surface area contributed by atoms with E-state index in [1.54, 1.807) is 11.8 Å². The minimum Gasteiger partial charge on any atom is -0.476 e. The molecule has 18 heavy (non-hydrogen) atoms. The van der Waals surface area contributed by atoms with E-state index in [0.29, 0.717) is 23.1 Å². The molecule has 0 saturated carbocycles. The molecule has 0 aromatic carbocycles. The fraction of sp³-hybridized carbons (Fsp3) is 0.545. The molecule has 0 fully saturated rings. The van der Waals surface area contributed by atoms with Crippen molar-refractivity contribution < 1.29 is 14.7 Å². The molecule has 0 aliphatic rings. The first-order valence-electron chi connectivity index (χ1n) is 5.71. The first kappa shape index (κ1) is 14.4. The molecule has 100 valence electrons. The van der Waals surface area contributed by atoms with Crippen LogP contribution in [0.2, 0.25) is 0 Å². The van der Waals surface area contributed by atoms with Crippen LogP contribution in [0.1, 0.15) is 29.2 Å². The number of carbonyl (C=O) groups is 2. The topological polar surface area (TPSA) is 82.5 Å². The van der Waals surface area contributed by atoms with Crippen molar-refractivity contribution in [2.24, 2.45) is 0 Å². The van der Waals surface area contributed by atoms with Gasteiger partial charge in [0, 0.05) is 18.0 Å². The van der Waals surface area contributed by atoms with Crippen LogP contribution in [-0.4, -0.2) is 46.5 Å². The summed E-state index contributed by atoms with van der Waals surface area (Å²) in [6.07, 6.45) is 0. The summed E-state index contributed by atoms with van der Waals surface area (Å²) in [7, 11) is 0. The highest BCUT2D eigenvalue weighted by Crippen LogP contribution is 2.21. The van der Waals surface area contributed by atoms with E-state index in [2.05, 4.69) is 10.3 Å². The number of thiazole rings is 1. The maximum Gasteiger partial charge on any atom is 0.355 e. The molecule has 1 amide bonds. The molecule has 1 aromatic rings. The lowest BCUT2D eigenvalue weighted by Gasteiger charge is -2.18. The van der Waals surface area contributed by atoms with Gasteiger partial charge in [-0.3, -0.25) is 4.79 Å². The Hall–Kier alpha value is -1.63. The number of rotatable bonds is 6. The summed E-state index contributed by atoms with van der Waals surface area (Å²) in [4.78, 5) is 28.8. The minimum absolute atomic E-state index is 0.0234. The second kappa shape index (κ2) is 6.34. The molecule has 0 radical (unpaired) electrons. The number of carboxylic acids is 1. The second-order valence-corrected chi connectivity index (χ2v) is 4.85. The van der Waals surface area contributed by atoms with Gasteiger partial charge in [0.1, 0.15) is 0 Å². The largest absolute Gasteiger partial charge is 0.476 e. The molecule has 1 aromatic heterocycles. The van der Waals surface area contributed by atoms with Crippen molar-refractivity contribution >= 4 is 28.3 Å². The van der Waals surface area contributed by atoms with Crippen LogP contribution in [0.25, 0.3) is 0 Å². The number of nitrogens with zero attached hydrogens (tertiary/aromatic N) is 2. The number of nitrogens with one attached hydrogen (secondary N) is 1. The highest BCUT2D eigenvalue weighted by Gasteiger charge is 2.15. The van der Waals surface area contributed by atoms with E-state index in [1.807, 2.05) is 13.8 Å². The number of anilines is 1. The number of aromatic nitrogens is 1. The summed E-state index contributed by atoms with van der Waals surface area (Å²) in [5, 5.41) is 12.2. The van der Waals surface area contributed by atoms with Crippen LogP contribution in [0.5, 0.6) is 0 Å². The van der Waals surface area contributed by atoms with Crippen molar-refractivity contribution in [1.29, 1.82) is 0 Å². The smallest absolute Gasteiger partial charge is 0.355 e. The van der Waals surface area contributed by atoms with Crippen molar-refractivity contribution in [2.45, 2.75) is 20.8 Å². The van der Waals surface area contributed by atoms with Crippen molar-refractivity contribution in [2.75, 3.05) is 25.0 Å². The Morgan fingerprint density at radius 2 is 2.00 bits per heavy atom. The zero-order chi connectivity index (χ0) is 13.7. The Balaban J connectivity index is 2.61. The Morgan fingerprint density at radius 3 is 2.44 bits per heavy atom. The molecular formula is C11H17N3O3S. The fourth-order valence-corrected chi connectivity index (χ4v) is 2.31.